The van der Waals surface area contributed by atoms with Crippen molar-refractivity contribution in [3.05, 3.63) is 36.0 Å². The molecule has 1 heterocycles. The first-order valence-corrected chi connectivity index (χ1v) is 8.18. The topological polar surface area (TPSA) is 64.4 Å². The van der Waals surface area contributed by atoms with Crippen molar-refractivity contribution in [2.45, 2.75) is 44.6 Å². The maximum Gasteiger partial charge on any atom is 0.257 e. The summed E-state index contributed by atoms with van der Waals surface area (Å²) in [5.41, 5.74) is 1.30. The fourth-order valence-electron chi connectivity index (χ4n) is 3.04. The summed E-state index contributed by atoms with van der Waals surface area (Å²) < 4.78 is 10.5. The molecule has 0 unspecified atom stereocenters. The van der Waals surface area contributed by atoms with E-state index < -0.39 is 0 Å². The molecule has 2 aromatic rings. The van der Waals surface area contributed by atoms with Crippen molar-refractivity contribution >= 4 is 5.91 Å². The Morgan fingerprint density at radius 1 is 1.17 bits per heavy atom. The van der Waals surface area contributed by atoms with Crippen LogP contribution in [-0.4, -0.2) is 24.2 Å². The van der Waals surface area contributed by atoms with Crippen molar-refractivity contribution in [1.29, 1.82) is 0 Å². The second kappa shape index (κ2) is 7.31. The van der Waals surface area contributed by atoms with E-state index in [-0.39, 0.29) is 11.9 Å². The molecule has 1 saturated carbocycles. The standard InChI is InChI=1S/C18H22N2O3/c1-22-15-10-8-13(9-11-15)17-16(12-19-23-17)18(21)20-14-6-4-2-3-5-7-14/h8-12,14H,2-7H2,1H3,(H,20,21). The zero-order valence-electron chi connectivity index (χ0n) is 13.4. The van der Waals surface area contributed by atoms with Crippen molar-refractivity contribution in [1.82, 2.24) is 10.5 Å². The second-order valence-electron chi connectivity index (χ2n) is 5.96. The lowest BCUT2D eigenvalue weighted by molar-refractivity contribution is 0.0933. The lowest BCUT2D eigenvalue weighted by Gasteiger charge is -2.15. The third-order valence-electron chi connectivity index (χ3n) is 4.36. The first kappa shape index (κ1) is 15.6. The van der Waals surface area contributed by atoms with E-state index in [0.29, 0.717) is 11.3 Å². The third kappa shape index (κ3) is 3.73. The summed E-state index contributed by atoms with van der Waals surface area (Å²) in [6.45, 7) is 0. The monoisotopic (exact) mass is 314 g/mol. The summed E-state index contributed by atoms with van der Waals surface area (Å²) in [4.78, 5) is 12.6. The van der Waals surface area contributed by atoms with Gasteiger partial charge in [0, 0.05) is 11.6 Å². The van der Waals surface area contributed by atoms with Crippen LogP contribution in [0.25, 0.3) is 11.3 Å². The molecule has 1 fully saturated rings. The fraction of sp³-hybridized carbons (Fsp3) is 0.444. The predicted octanol–water partition coefficient (Wildman–Crippen LogP) is 3.80. The summed E-state index contributed by atoms with van der Waals surface area (Å²) in [6, 6.07) is 7.66. The zero-order valence-corrected chi connectivity index (χ0v) is 13.4. The Labute approximate surface area is 136 Å². The van der Waals surface area contributed by atoms with E-state index in [2.05, 4.69) is 10.5 Å². The van der Waals surface area contributed by atoms with Gasteiger partial charge in [-0.25, -0.2) is 0 Å². The molecule has 1 amide bonds. The van der Waals surface area contributed by atoms with Crippen molar-refractivity contribution < 1.29 is 14.1 Å². The largest absolute Gasteiger partial charge is 0.497 e. The average Bonchev–Trinajstić information content (AvgIpc) is 2.94. The lowest BCUT2D eigenvalue weighted by Crippen LogP contribution is -2.34. The minimum atomic E-state index is -0.107. The third-order valence-corrected chi connectivity index (χ3v) is 4.36. The van der Waals surface area contributed by atoms with Gasteiger partial charge in [-0.3, -0.25) is 4.79 Å². The Morgan fingerprint density at radius 2 is 1.87 bits per heavy atom. The minimum Gasteiger partial charge on any atom is -0.497 e. The van der Waals surface area contributed by atoms with Crippen LogP contribution in [0.4, 0.5) is 0 Å². The SMILES string of the molecule is COc1ccc(-c2oncc2C(=O)NC2CCCCCC2)cc1. The number of nitrogens with zero attached hydrogens (tertiary/aromatic N) is 1. The van der Waals surface area contributed by atoms with Crippen LogP contribution >= 0.6 is 0 Å². The number of amides is 1. The zero-order chi connectivity index (χ0) is 16.1. The van der Waals surface area contributed by atoms with Crippen LogP contribution in [0.15, 0.2) is 35.0 Å². The van der Waals surface area contributed by atoms with Gasteiger partial charge in [0.2, 0.25) is 0 Å². The fourth-order valence-corrected chi connectivity index (χ4v) is 3.04. The van der Waals surface area contributed by atoms with Gasteiger partial charge in [0.15, 0.2) is 5.76 Å². The maximum absolute atomic E-state index is 12.6. The van der Waals surface area contributed by atoms with Crippen LogP contribution in [0.1, 0.15) is 48.9 Å². The number of methoxy groups -OCH3 is 1. The molecule has 0 spiro atoms. The molecular weight excluding hydrogens is 292 g/mol. The molecule has 5 nitrogen and oxygen atoms in total. The summed E-state index contributed by atoms with van der Waals surface area (Å²) in [5, 5.41) is 6.94. The Bertz CT molecular complexity index is 641. The van der Waals surface area contributed by atoms with Crippen LogP contribution in [-0.2, 0) is 0 Å². The Morgan fingerprint density at radius 3 is 2.52 bits per heavy atom. The molecule has 0 aliphatic heterocycles. The van der Waals surface area contributed by atoms with E-state index in [0.717, 1.165) is 24.2 Å². The van der Waals surface area contributed by atoms with Crippen LogP contribution in [0.5, 0.6) is 5.75 Å². The van der Waals surface area contributed by atoms with Gasteiger partial charge in [0.1, 0.15) is 11.3 Å². The van der Waals surface area contributed by atoms with E-state index in [1.807, 2.05) is 24.3 Å². The highest BCUT2D eigenvalue weighted by atomic mass is 16.5. The normalized spacial score (nSPS) is 15.9. The number of carbonyl (C=O) groups is 1. The molecule has 1 N–H and O–H groups in total. The van der Waals surface area contributed by atoms with Crippen LogP contribution < -0.4 is 10.1 Å². The summed E-state index contributed by atoms with van der Waals surface area (Å²) in [5.74, 6) is 1.15. The number of hydrogen-bond acceptors (Lipinski definition) is 4. The van der Waals surface area contributed by atoms with E-state index >= 15 is 0 Å². The highest BCUT2D eigenvalue weighted by Gasteiger charge is 2.21. The maximum atomic E-state index is 12.6. The molecule has 1 aliphatic carbocycles. The molecule has 3 rings (SSSR count). The van der Waals surface area contributed by atoms with Gasteiger partial charge >= 0.3 is 0 Å². The molecule has 122 valence electrons. The van der Waals surface area contributed by atoms with Gasteiger partial charge in [0.05, 0.1) is 13.3 Å². The Kier molecular flexibility index (Phi) is 4.95. The van der Waals surface area contributed by atoms with Crippen molar-refractivity contribution in [3.63, 3.8) is 0 Å². The molecule has 0 bridgehead atoms. The summed E-state index contributed by atoms with van der Waals surface area (Å²) in [7, 11) is 1.62. The highest BCUT2D eigenvalue weighted by Crippen LogP contribution is 2.26. The number of rotatable bonds is 4. The van der Waals surface area contributed by atoms with Gasteiger partial charge in [0.25, 0.3) is 5.91 Å². The molecule has 1 aromatic carbocycles. The molecule has 0 atom stereocenters. The Hall–Kier alpha value is -2.30. The van der Waals surface area contributed by atoms with E-state index in [1.165, 1.54) is 31.9 Å². The number of nitrogens with one attached hydrogen (secondary N) is 1. The quantitative estimate of drug-likeness (QED) is 0.872. The molecule has 0 saturated heterocycles. The second-order valence-corrected chi connectivity index (χ2v) is 5.96. The molecular formula is C18H22N2O3. The number of hydrogen-bond donors (Lipinski definition) is 1. The van der Waals surface area contributed by atoms with Crippen molar-refractivity contribution in [2.75, 3.05) is 7.11 Å². The first-order chi connectivity index (χ1) is 11.3. The predicted molar refractivity (Wildman–Crippen MR) is 87.4 cm³/mol. The smallest absolute Gasteiger partial charge is 0.257 e. The number of aromatic nitrogens is 1. The van der Waals surface area contributed by atoms with Gasteiger partial charge in [-0.2, -0.15) is 0 Å². The van der Waals surface area contributed by atoms with Gasteiger partial charge in [-0.1, -0.05) is 30.8 Å². The molecule has 23 heavy (non-hydrogen) atoms. The van der Waals surface area contributed by atoms with Crippen LogP contribution in [0.3, 0.4) is 0 Å². The average molecular weight is 314 g/mol. The lowest BCUT2D eigenvalue weighted by atomic mass is 10.1. The minimum absolute atomic E-state index is 0.107. The Balaban J connectivity index is 1.75. The van der Waals surface area contributed by atoms with E-state index in [4.69, 9.17) is 9.26 Å². The van der Waals surface area contributed by atoms with Crippen molar-refractivity contribution in [3.8, 4) is 17.1 Å². The molecule has 0 radical (unpaired) electrons. The summed E-state index contributed by atoms with van der Waals surface area (Å²) >= 11 is 0. The van der Waals surface area contributed by atoms with Gasteiger partial charge in [-0.05, 0) is 37.1 Å². The molecule has 1 aromatic heterocycles. The number of ether oxygens (including phenoxy) is 1. The number of benzene rings is 1. The van der Waals surface area contributed by atoms with Crippen LogP contribution in [0, 0.1) is 0 Å². The van der Waals surface area contributed by atoms with Crippen LogP contribution in [0.2, 0.25) is 0 Å². The first-order valence-electron chi connectivity index (χ1n) is 8.18. The van der Waals surface area contributed by atoms with Gasteiger partial charge in [-0.15, -0.1) is 0 Å². The van der Waals surface area contributed by atoms with E-state index in [9.17, 15) is 4.79 Å². The highest BCUT2D eigenvalue weighted by molar-refractivity contribution is 5.99. The molecule has 1 aliphatic rings. The van der Waals surface area contributed by atoms with E-state index in [1.54, 1.807) is 7.11 Å². The summed E-state index contributed by atoms with van der Waals surface area (Å²) in [6.07, 6.45) is 8.47. The molecule has 5 heteroatoms. The van der Waals surface area contributed by atoms with Gasteiger partial charge < -0.3 is 14.6 Å². The van der Waals surface area contributed by atoms with Crippen molar-refractivity contribution in [2.24, 2.45) is 0 Å². The number of carbonyl (C=O) groups excluding carboxylic acids is 1.